The van der Waals surface area contributed by atoms with Crippen LogP contribution in [0.3, 0.4) is 0 Å². The molecule has 0 aromatic carbocycles. The molecule has 1 atom stereocenters. The maximum Gasteiger partial charge on any atom is 0.238 e. The van der Waals surface area contributed by atoms with Crippen LogP contribution in [0, 0.1) is 5.92 Å². The number of hydrogen-bond acceptors (Lipinski definition) is 1. The highest BCUT2D eigenvalue weighted by Gasteiger charge is 2.08. The van der Waals surface area contributed by atoms with Gasteiger partial charge >= 0.3 is 0 Å². The predicted octanol–water partition coefficient (Wildman–Crippen LogP) is 2.40. The van der Waals surface area contributed by atoms with E-state index in [4.69, 9.17) is 5.73 Å². The van der Waals surface area contributed by atoms with Crippen LogP contribution in [0.15, 0.2) is 0 Å². The smallest absolute Gasteiger partial charge is 0.238 e. The molecule has 0 aliphatic rings. The molecule has 0 aliphatic carbocycles. The fourth-order valence-corrected chi connectivity index (χ4v) is 1.21. The van der Waals surface area contributed by atoms with Gasteiger partial charge in [0.2, 0.25) is 5.91 Å². The van der Waals surface area contributed by atoms with Crippen LogP contribution in [-0.2, 0) is 4.79 Å². The molecule has 1 unspecified atom stereocenters. The molecule has 0 saturated carbocycles. The molecular formula is C9H18NO. The third-order valence-electron chi connectivity index (χ3n) is 2.02. The van der Waals surface area contributed by atoms with E-state index >= 15 is 0 Å². The van der Waals surface area contributed by atoms with Crippen molar-refractivity contribution < 1.29 is 4.79 Å². The van der Waals surface area contributed by atoms with Crippen molar-refractivity contribution in [3.63, 3.8) is 0 Å². The van der Waals surface area contributed by atoms with E-state index in [1.165, 1.54) is 12.8 Å². The van der Waals surface area contributed by atoms with Crippen LogP contribution >= 0.6 is 0 Å². The van der Waals surface area contributed by atoms with Gasteiger partial charge in [0, 0.05) is 6.42 Å². The lowest BCUT2D eigenvalue weighted by Gasteiger charge is -2.10. The van der Waals surface area contributed by atoms with Gasteiger partial charge in [-0.25, -0.2) is 0 Å². The highest BCUT2D eigenvalue weighted by Crippen LogP contribution is 2.15. The maximum absolute atomic E-state index is 10.4. The van der Waals surface area contributed by atoms with Crippen molar-refractivity contribution in [3.05, 3.63) is 0 Å². The Labute approximate surface area is 69.2 Å². The van der Waals surface area contributed by atoms with E-state index < -0.39 is 5.91 Å². The largest absolute Gasteiger partial charge is 0.273 e. The fourth-order valence-electron chi connectivity index (χ4n) is 1.21. The molecule has 2 nitrogen and oxygen atoms in total. The summed E-state index contributed by atoms with van der Waals surface area (Å²) in [6, 6.07) is 0. The Kier molecular flexibility index (Phi) is 5.90. The van der Waals surface area contributed by atoms with Gasteiger partial charge in [0.15, 0.2) is 0 Å². The van der Waals surface area contributed by atoms with Gasteiger partial charge < -0.3 is 0 Å². The molecule has 0 bridgehead atoms. The van der Waals surface area contributed by atoms with E-state index in [9.17, 15) is 4.79 Å². The van der Waals surface area contributed by atoms with E-state index in [0.29, 0.717) is 12.3 Å². The Balaban J connectivity index is 3.49. The Morgan fingerprint density at radius 1 is 1.45 bits per heavy atom. The van der Waals surface area contributed by atoms with Crippen molar-refractivity contribution in [1.29, 1.82) is 0 Å². The summed E-state index contributed by atoms with van der Waals surface area (Å²) in [4.78, 5) is 10.4. The highest BCUT2D eigenvalue weighted by atomic mass is 16.1. The second kappa shape index (κ2) is 6.20. The minimum absolute atomic E-state index is 0.409. The molecule has 0 rings (SSSR count). The summed E-state index contributed by atoms with van der Waals surface area (Å²) in [6.07, 6.45) is 4.97. The van der Waals surface area contributed by atoms with Gasteiger partial charge in [-0.3, -0.25) is 10.5 Å². The lowest BCUT2D eigenvalue weighted by molar-refractivity contribution is -0.119. The number of carbonyl (C=O) groups is 1. The molecule has 65 valence electrons. The van der Waals surface area contributed by atoms with Crippen molar-refractivity contribution in [3.8, 4) is 0 Å². The molecule has 1 radical (unpaired) electrons. The Morgan fingerprint density at radius 3 is 2.45 bits per heavy atom. The summed E-state index contributed by atoms with van der Waals surface area (Å²) in [5, 5.41) is 0. The number of amides is 1. The number of hydrogen-bond donors (Lipinski definition) is 0. The third kappa shape index (κ3) is 5.89. The minimum Gasteiger partial charge on any atom is -0.273 e. The number of rotatable bonds is 6. The van der Waals surface area contributed by atoms with Crippen LogP contribution < -0.4 is 5.73 Å². The molecule has 1 amide bonds. The molecule has 0 heterocycles. The van der Waals surface area contributed by atoms with Gasteiger partial charge in [0.05, 0.1) is 0 Å². The summed E-state index contributed by atoms with van der Waals surface area (Å²) in [5.41, 5.74) is 6.81. The highest BCUT2D eigenvalue weighted by molar-refractivity contribution is 5.73. The monoisotopic (exact) mass is 156 g/mol. The van der Waals surface area contributed by atoms with E-state index in [2.05, 4.69) is 13.8 Å². The van der Waals surface area contributed by atoms with Crippen molar-refractivity contribution in [1.82, 2.24) is 5.73 Å². The molecular weight excluding hydrogens is 138 g/mol. The number of unbranched alkanes of at least 4 members (excludes halogenated alkanes) is 1. The van der Waals surface area contributed by atoms with E-state index in [1.807, 2.05) is 0 Å². The second-order valence-corrected chi connectivity index (χ2v) is 3.04. The first-order chi connectivity index (χ1) is 5.20. The maximum atomic E-state index is 10.4. The van der Waals surface area contributed by atoms with Crippen molar-refractivity contribution in [2.75, 3.05) is 0 Å². The number of nitrogens with one attached hydrogen (secondary N) is 1. The first kappa shape index (κ1) is 10.5. The Hall–Kier alpha value is -0.530. The minimum atomic E-state index is -0.409. The summed E-state index contributed by atoms with van der Waals surface area (Å²) in [6.45, 7) is 4.23. The lowest BCUT2D eigenvalue weighted by Crippen LogP contribution is -2.07. The van der Waals surface area contributed by atoms with Crippen molar-refractivity contribution in [2.24, 2.45) is 5.92 Å². The van der Waals surface area contributed by atoms with Crippen LogP contribution in [0.1, 0.15) is 46.0 Å². The standard InChI is InChI=1S/C9H18NO/c1-3-5-6-8(4-2)7-9(10)11/h8,10H,3-7H2,1-2H3. The Morgan fingerprint density at radius 2 is 2.09 bits per heavy atom. The summed E-state index contributed by atoms with van der Waals surface area (Å²) >= 11 is 0. The molecule has 2 heteroatoms. The van der Waals surface area contributed by atoms with Crippen LogP contribution in [0.2, 0.25) is 0 Å². The SMILES string of the molecule is CCCCC(CC)CC([NH])=O. The molecule has 0 aliphatic heterocycles. The first-order valence-electron chi connectivity index (χ1n) is 4.45. The van der Waals surface area contributed by atoms with Crippen LogP contribution in [-0.4, -0.2) is 5.91 Å². The third-order valence-corrected chi connectivity index (χ3v) is 2.02. The normalized spacial score (nSPS) is 12.9. The van der Waals surface area contributed by atoms with Crippen molar-refractivity contribution in [2.45, 2.75) is 46.0 Å². The number of carbonyl (C=O) groups excluding carboxylic acids is 1. The molecule has 0 saturated heterocycles. The molecule has 0 fully saturated rings. The quantitative estimate of drug-likeness (QED) is 0.582. The van der Waals surface area contributed by atoms with Gasteiger partial charge in [-0.05, 0) is 12.3 Å². The average molecular weight is 156 g/mol. The van der Waals surface area contributed by atoms with Gasteiger partial charge in [-0.2, -0.15) is 0 Å². The van der Waals surface area contributed by atoms with Crippen LogP contribution in [0.25, 0.3) is 0 Å². The molecule has 0 aromatic heterocycles. The van der Waals surface area contributed by atoms with E-state index in [1.54, 1.807) is 0 Å². The van der Waals surface area contributed by atoms with Gasteiger partial charge in [0.1, 0.15) is 0 Å². The van der Waals surface area contributed by atoms with Crippen molar-refractivity contribution >= 4 is 5.91 Å². The molecule has 0 spiro atoms. The van der Waals surface area contributed by atoms with Crippen LogP contribution in [0.5, 0.6) is 0 Å². The zero-order valence-corrected chi connectivity index (χ0v) is 7.52. The molecule has 11 heavy (non-hydrogen) atoms. The lowest BCUT2D eigenvalue weighted by atomic mass is 9.96. The zero-order valence-electron chi connectivity index (χ0n) is 7.52. The van der Waals surface area contributed by atoms with E-state index in [0.717, 1.165) is 12.8 Å². The first-order valence-corrected chi connectivity index (χ1v) is 4.45. The predicted molar refractivity (Wildman–Crippen MR) is 46.0 cm³/mol. The second-order valence-electron chi connectivity index (χ2n) is 3.04. The van der Waals surface area contributed by atoms with Gasteiger partial charge in [-0.15, -0.1) is 0 Å². The van der Waals surface area contributed by atoms with Gasteiger partial charge in [-0.1, -0.05) is 33.1 Å². The fraction of sp³-hybridized carbons (Fsp3) is 0.889. The summed E-state index contributed by atoms with van der Waals surface area (Å²) < 4.78 is 0. The molecule has 1 N–H and O–H groups in total. The summed E-state index contributed by atoms with van der Waals surface area (Å²) in [7, 11) is 0. The van der Waals surface area contributed by atoms with Gasteiger partial charge in [0.25, 0.3) is 0 Å². The van der Waals surface area contributed by atoms with Crippen LogP contribution in [0.4, 0.5) is 0 Å². The average Bonchev–Trinajstić information content (AvgIpc) is 1.97. The zero-order chi connectivity index (χ0) is 8.69. The Bertz CT molecular complexity index is 112. The van der Waals surface area contributed by atoms with E-state index in [-0.39, 0.29) is 0 Å². The topological polar surface area (TPSA) is 40.9 Å². The summed E-state index contributed by atoms with van der Waals surface area (Å²) in [5.74, 6) is 0.0490. The molecule has 0 aromatic rings.